The van der Waals surface area contributed by atoms with Crippen LogP contribution in [-0.4, -0.2) is 48.4 Å². The molecule has 0 aromatic heterocycles. The summed E-state index contributed by atoms with van der Waals surface area (Å²) < 4.78 is 60.4. The Hall–Kier alpha value is -1.41. The molecule has 1 fully saturated rings. The molecule has 1 N–H and O–H groups in total. The van der Waals surface area contributed by atoms with E-state index in [-0.39, 0.29) is 0 Å². The van der Waals surface area contributed by atoms with Gasteiger partial charge in [0, 0.05) is 13.1 Å². The second-order valence-corrected chi connectivity index (χ2v) is 3.84. The van der Waals surface area contributed by atoms with Gasteiger partial charge in [0.1, 0.15) is 0 Å². The summed E-state index contributed by atoms with van der Waals surface area (Å²) in [6, 6.07) is 0. The van der Waals surface area contributed by atoms with Crippen molar-refractivity contribution in [3.8, 4) is 0 Å². The molecule has 1 rings (SSSR count). The van der Waals surface area contributed by atoms with Gasteiger partial charge in [-0.2, -0.15) is 22.0 Å². The van der Waals surface area contributed by atoms with Crippen molar-refractivity contribution in [3.05, 3.63) is 0 Å². The predicted molar refractivity (Wildman–Crippen MR) is 49.8 cm³/mol. The van der Waals surface area contributed by atoms with Crippen molar-refractivity contribution in [3.63, 3.8) is 0 Å². The van der Waals surface area contributed by atoms with E-state index < -0.39 is 30.5 Å². The molecule has 18 heavy (non-hydrogen) atoms. The number of nitrogens with zero attached hydrogens (tertiary/aromatic N) is 1. The summed E-state index contributed by atoms with van der Waals surface area (Å²) in [5.74, 6) is -8.67. The fourth-order valence-corrected chi connectivity index (χ4v) is 1.47. The minimum absolute atomic E-state index is 0.421. The topological polar surface area (TPSA) is 49.4 Å². The van der Waals surface area contributed by atoms with Crippen molar-refractivity contribution in [1.29, 1.82) is 0 Å². The molecule has 0 atom stereocenters. The smallest absolute Gasteiger partial charge is 0.341 e. The first kappa shape index (κ1) is 14.7. The summed E-state index contributed by atoms with van der Waals surface area (Å²) in [6.45, 7) is -0.0146. The summed E-state index contributed by atoms with van der Waals surface area (Å²) in [6.07, 6.45) is -4.47. The molecule has 0 aromatic carbocycles. The van der Waals surface area contributed by atoms with Crippen molar-refractivity contribution < 1.29 is 31.5 Å². The van der Waals surface area contributed by atoms with Gasteiger partial charge in [0.15, 0.2) is 0 Å². The van der Waals surface area contributed by atoms with Crippen molar-refractivity contribution in [2.45, 2.75) is 24.9 Å². The van der Waals surface area contributed by atoms with Crippen molar-refractivity contribution in [1.82, 2.24) is 10.2 Å². The molecule has 1 aliphatic rings. The minimum atomic E-state index is -5.96. The van der Waals surface area contributed by atoms with E-state index in [1.165, 1.54) is 10.2 Å². The standard InChI is InChI=1S/C9H11F5N2O2/c10-8(11,9(12,13)14)7(18)15-5-6(17)16-3-1-2-4-16/h1-5H2,(H,15,18). The molecule has 0 bridgehead atoms. The molecule has 1 heterocycles. The number of nitrogens with one attached hydrogen (secondary N) is 1. The monoisotopic (exact) mass is 274 g/mol. The van der Waals surface area contributed by atoms with E-state index in [1.54, 1.807) is 0 Å². The van der Waals surface area contributed by atoms with Crippen LogP contribution >= 0.6 is 0 Å². The fraction of sp³-hybridized carbons (Fsp3) is 0.778. The molecular weight excluding hydrogens is 263 g/mol. The lowest BCUT2D eigenvalue weighted by atomic mass is 10.3. The van der Waals surface area contributed by atoms with Gasteiger partial charge in [-0.25, -0.2) is 0 Å². The van der Waals surface area contributed by atoms with E-state index in [0.717, 1.165) is 12.8 Å². The number of halogens is 5. The molecule has 2 amide bonds. The molecule has 0 radical (unpaired) electrons. The summed E-state index contributed by atoms with van der Waals surface area (Å²) in [4.78, 5) is 23.3. The number of carbonyl (C=O) groups excluding carboxylic acids is 2. The Bertz CT molecular complexity index is 336. The Morgan fingerprint density at radius 3 is 2.00 bits per heavy atom. The summed E-state index contributed by atoms with van der Waals surface area (Å²) in [5, 5.41) is 1.31. The van der Waals surface area contributed by atoms with Crippen LogP contribution in [0.2, 0.25) is 0 Å². The summed E-state index contributed by atoms with van der Waals surface area (Å²) in [5.41, 5.74) is 0. The van der Waals surface area contributed by atoms with E-state index in [4.69, 9.17) is 0 Å². The molecule has 0 aromatic rings. The number of alkyl halides is 5. The highest BCUT2D eigenvalue weighted by atomic mass is 19.4. The molecular formula is C9H11F5N2O2. The molecule has 0 saturated carbocycles. The molecule has 104 valence electrons. The first-order valence-corrected chi connectivity index (χ1v) is 5.17. The maximum absolute atomic E-state index is 12.5. The van der Waals surface area contributed by atoms with Crippen molar-refractivity contribution in [2.75, 3.05) is 19.6 Å². The highest BCUT2D eigenvalue weighted by molar-refractivity contribution is 5.89. The Kier molecular flexibility index (Phi) is 4.12. The molecule has 1 saturated heterocycles. The molecule has 0 aliphatic carbocycles. The van der Waals surface area contributed by atoms with Crippen LogP contribution in [0.4, 0.5) is 22.0 Å². The zero-order chi connectivity index (χ0) is 14.0. The van der Waals surface area contributed by atoms with Gasteiger partial charge in [0.05, 0.1) is 6.54 Å². The summed E-state index contributed by atoms with van der Waals surface area (Å²) >= 11 is 0. The van der Waals surface area contributed by atoms with Gasteiger partial charge in [-0.3, -0.25) is 9.59 Å². The lowest BCUT2D eigenvalue weighted by Crippen LogP contribution is -2.52. The molecule has 4 nitrogen and oxygen atoms in total. The van der Waals surface area contributed by atoms with Gasteiger partial charge < -0.3 is 10.2 Å². The first-order chi connectivity index (χ1) is 8.16. The van der Waals surface area contributed by atoms with Gasteiger partial charge >= 0.3 is 18.0 Å². The number of hydrogen-bond donors (Lipinski definition) is 1. The quantitative estimate of drug-likeness (QED) is 0.778. The third-order valence-corrected chi connectivity index (χ3v) is 2.50. The van der Waals surface area contributed by atoms with Crippen LogP contribution < -0.4 is 5.32 Å². The number of rotatable bonds is 3. The van der Waals surface area contributed by atoms with Crippen LogP contribution in [0.3, 0.4) is 0 Å². The van der Waals surface area contributed by atoms with Crippen molar-refractivity contribution in [2.24, 2.45) is 0 Å². The maximum atomic E-state index is 12.5. The third kappa shape index (κ3) is 3.08. The minimum Gasteiger partial charge on any atom is -0.341 e. The lowest BCUT2D eigenvalue weighted by molar-refractivity contribution is -0.269. The second kappa shape index (κ2) is 5.07. The van der Waals surface area contributed by atoms with Crippen LogP contribution in [-0.2, 0) is 9.59 Å². The van der Waals surface area contributed by atoms with E-state index >= 15 is 0 Å². The number of amides is 2. The molecule has 1 aliphatic heterocycles. The normalized spacial score (nSPS) is 16.8. The fourth-order valence-electron chi connectivity index (χ4n) is 1.47. The van der Waals surface area contributed by atoms with Gasteiger partial charge in [-0.1, -0.05) is 0 Å². The zero-order valence-electron chi connectivity index (χ0n) is 9.19. The number of likely N-dealkylation sites (tertiary alicyclic amines) is 1. The Morgan fingerprint density at radius 1 is 1.06 bits per heavy atom. The van der Waals surface area contributed by atoms with Crippen LogP contribution in [0.5, 0.6) is 0 Å². The Balaban J connectivity index is 2.48. The highest BCUT2D eigenvalue weighted by Gasteiger charge is 2.63. The van der Waals surface area contributed by atoms with Gasteiger partial charge in [0.25, 0.3) is 0 Å². The van der Waals surface area contributed by atoms with E-state index in [1.807, 2.05) is 0 Å². The van der Waals surface area contributed by atoms with E-state index in [9.17, 15) is 31.5 Å². The van der Waals surface area contributed by atoms with Crippen LogP contribution in [0.1, 0.15) is 12.8 Å². The largest absolute Gasteiger partial charge is 0.463 e. The SMILES string of the molecule is O=C(CNC(=O)C(F)(F)C(F)(F)F)N1CCCC1. The molecule has 9 heteroatoms. The predicted octanol–water partition coefficient (Wildman–Crippen LogP) is 0.923. The van der Waals surface area contributed by atoms with Crippen LogP contribution in [0, 0.1) is 0 Å². The molecule has 0 unspecified atom stereocenters. The molecule has 0 spiro atoms. The van der Waals surface area contributed by atoms with Crippen molar-refractivity contribution >= 4 is 11.8 Å². The van der Waals surface area contributed by atoms with Gasteiger partial charge in [-0.15, -0.1) is 0 Å². The Morgan fingerprint density at radius 2 is 1.56 bits per heavy atom. The van der Waals surface area contributed by atoms with Crippen LogP contribution in [0.15, 0.2) is 0 Å². The highest BCUT2D eigenvalue weighted by Crippen LogP contribution is 2.35. The summed E-state index contributed by atoms with van der Waals surface area (Å²) in [7, 11) is 0. The third-order valence-electron chi connectivity index (χ3n) is 2.50. The lowest BCUT2D eigenvalue weighted by Gasteiger charge is -2.20. The second-order valence-electron chi connectivity index (χ2n) is 3.84. The van der Waals surface area contributed by atoms with Crippen LogP contribution in [0.25, 0.3) is 0 Å². The zero-order valence-corrected chi connectivity index (χ0v) is 9.19. The maximum Gasteiger partial charge on any atom is 0.463 e. The average molecular weight is 274 g/mol. The van der Waals surface area contributed by atoms with E-state index in [2.05, 4.69) is 0 Å². The first-order valence-electron chi connectivity index (χ1n) is 5.17. The number of carbonyl (C=O) groups is 2. The van der Waals surface area contributed by atoms with E-state index in [0.29, 0.717) is 13.1 Å². The van der Waals surface area contributed by atoms with Gasteiger partial charge in [0.2, 0.25) is 5.91 Å². The van der Waals surface area contributed by atoms with Gasteiger partial charge in [-0.05, 0) is 12.8 Å². The Labute approximate surface area is 99.1 Å². The average Bonchev–Trinajstić information content (AvgIpc) is 2.76. The number of hydrogen-bond acceptors (Lipinski definition) is 2.